The summed E-state index contributed by atoms with van der Waals surface area (Å²) in [7, 11) is 1.69. The molecule has 0 N–H and O–H groups in total. The minimum absolute atomic E-state index is 0.496. The van der Waals surface area contributed by atoms with Gasteiger partial charge in [0, 0.05) is 37.1 Å². The average molecular weight is 324 g/mol. The fraction of sp³-hybridized carbons (Fsp3) is 0.450. The van der Waals surface area contributed by atoms with Gasteiger partial charge in [-0.05, 0) is 48.9 Å². The Morgan fingerprint density at radius 1 is 1.17 bits per heavy atom. The molecule has 126 valence electrons. The van der Waals surface area contributed by atoms with E-state index in [9.17, 15) is 0 Å². The van der Waals surface area contributed by atoms with Crippen molar-refractivity contribution in [1.82, 2.24) is 9.88 Å². The Hall–Kier alpha value is -2.07. The zero-order chi connectivity index (χ0) is 16.4. The van der Waals surface area contributed by atoms with Gasteiger partial charge in [-0.2, -0.15) is 0 Å². The lowest BCUT2D eigenvalue weighted by Crippen LogP contribution is -2.43. The van der Waals surface area contributed by atoms with Gasteiger partial charge in [-0.3, -0.25) is 9.88 Å². The molecule has 2 heterocycles. The van der Waals surface area contributed by atoms with Crippen molar-refractivity contribution in [2.24, 2.45) is 5.92 Å². The van der Waals surface area contributed by atoms with Gasteiger partial charge in [0.25, 0.3) is 0 Å². The molecule has 0 radical (unpaired) electrons. The summed E-state index contributed by atoms with van der Waals surface area (Å²) >= 11 is 0. The van der Waals surface area contributed by atoms with Gasteiger partial charge in [-0.15, -0.1) is 0 Å². The average Bonchev–Trinajstić information content (AvgIpc) is 3.23. The van der Waals surface area contributed by atoms with Gasteiger partial charge < -0.3 is 9.47 Å². The summed E-state index contributed by atoms with van der Waals surface area (Å²) in [6.07, 6.45) is 7.78. The van der Waals surface area contributed by atoms with Crippen LogP contribution in [0.5, 0.6) is 11.5 Å². The third-order valence-corrected chi connectivity index (χ3v) is 5.43. The van der Waals surface area contributed by atoms with E-state index in [0.717, 1.165) is 30.6 Å². The van der Waals surface area contributed by atoms with E-state index in [1.807, 2.05) is 42.7 Å². The van der Waals surface area contributed by atoms with Crippen molar-refractivity contribution in [3.8, 4) is 11.5 Å². The zero-order valence-corrected chi connectivity index (χ0v) is 14.1. The minimum atomic E-state index is 0.496. The molecule has 2 bridgehead atoms. The van der Waals surface area contributed by atoms with E-state index in [1.54, 1.807) is 7.11 Å². The molecule has 4 heteroatoms. The minimum Gasteiger partial charge on any atom is -0.497 e. The summed E-state index contributed by atoms with van der Waals surface area (Å²) in [6.45, 7) is 1.72. The molecule has 1 aromatic heterocycles. The first-order chi connectivity index (χ1) is 11.8. The third kappa shape index (κ3) is 3.11. The van der Waals surface area contributed by atoms with Crippen molar-refractivity contribution in [2.45, 2.75) is 37.9 Å². The summed E-state index contributed by atoms with van der Waals surface area (Å²) in [5.41, 5.74) is 1.29. The number of piperidine rings is 1. The van der Waals surface area contributed by atoms with E-state index >= 15 is 0 Å². The van der Waals surface area contributed by atoms with Crippen LogP contribution in [0.1, 0.15) is 24.8 Å². The molecule has 0 spiro atoms. The Kier molecular flexibility index (Phi) is 4.39. The number of benzene rings is 1. The van der Waals surface area contributed by atoms with Crippen LogP contribution in [0, 0.1) is 5.92 Å². The number of methoxy groups -OCH3 is 1. The molecule has 1 aliphatic carbocycles. The molecule has 2 fully saturated rings. The fourth-order valence-corrected chi connectivity index (χ4v) is 4.24. The number of hydrogen-bond acceptors (Lipinski definition) is 4. The first kappa shape index (κ1) is 15.5. The van der Waals surface area contributed by atoms with Crippen molar-refractivity contribution in [3.63, 3.8) is 0 Å². The summed E-state index contributed by atoms with van der Waals surface area (Å²) in [4.78, 5) is 6.89. The van der Waals surface area contributed by atoms with Crippen molar-refractivity contribution in [1.29, 1.82) is 0 Å². The third-order valence-electron chi connectivity index (χ3n) is 5.43. The molecule has 4 rings (SSSR count). The molecule has 1 saturated heterocycles. The van der Waals surface area contributed by atoms with Gasteiger partial charge in [0.05, 0.1) is 7.11 Å². The lowest BCUT2D eigenvalue weighted by Gasteiger charge is -2.35. The van der Waals surface area contributed by atoms with E-state index in [1.165, 1.54) is 24.8 Å². The molecule has 1 saturated carbocycles. The van der Waals surface area contributed by atoms with Crippen molar-refractivity contribution >= 4 is 0 Å². The molecule has 3 atom stereocenters. The summed E-state index contributed by atoms with van der Waals surface area (Å²) in [5.74, 6) is 2.49. The predicted molar refractivity (Wildman–Crippen MR) is 93.2 cm³/mol. The van der Waals surface area contributed by atoms with E-state index in [0.29, 0.717) is 12.1 Å². The van der Waals surface area contributed by atoms with Crippen LogP contribution in [0.3, 0.4) is 0 Å². The standard InChI is InChI=1S/C20H24N2O2/c1-23-18-5-2-6-19(11-18)24-14-20-16-7-8-17(10-16)22(20)13-15-4-3-9-21-12-15/h2-6,9,11-12,16-17,20H,7-8,10,13-14H2,1H3/t16-,17-,20+/m0/s1. The maximum Gasteiger partial charge on any atom is 0.123 e. The highest BCUT2D eigenvalue weighted by Gasteiger charge is 2.45. The highest BCUT2D eigenvalue weighted by atomic mass is 16.5. The van der Waals surface area contributed by atoms with E-state index in [4.69, 9.17) is 9.47 Å². The topological polar surface area (TPSA) is 34.6 Å². The Balaban J connectivity index is 1.44. The highest BCUT2D eigenvalue weighted by Crippen LogP contribution is 2.43. The van der Waals surface area contributed by atoms with E-state index in [2.05, 4.69) is 16.0 Å². The zero-order valence-electron chi connectivity index (χ0n) is 14.1. The maximum absolute atomic E-state index is 6.12. The molecule has 24 heavy (non-hydrogen) atoms. The largest absolute Gasteiger partial charge is 0.497 e. The van der Waals surface area contributed by atoms with E-state index < -0.39 is 0 Å². The van der Waals surface area contributed by atoms with Crippen LogP contribution in [-0.2, 0) is 6.54 Å². The molecule has 4 nitrogen and oxygen atoms in total. The molecule has 0 unspecified atom stereocenters. The van der Waals surface area contributed by atoms with Crippen LogP contribution in [0.15, 0.2) is 48.8 Å². The Bertz CT molecular complexity index is 676. The fourth-order valence-electron chi connectivity index (χ4n) is 4.24. The second-order valence-electron chi connectivity index (χ2n) is 6.82. The van der Waals surface area contributed by atoms with Crippen LogP contribution in [0.25, 0.3) is 0 Å². The summed E-state index contributed by atoms with van der Waals surface area (Å²) in [5, 5.41) is 0. The number of likely N-dealkylation sites (tertiary alicyclic amines) is 1. The lowest BCUT2D eigenvalue weighted by atomic mass is 9.99. The van der Waals surface area contributed by atoms with Gasteiger partial charge in [0.15, 0.2) is 0 Å². The van der Waals surface area contributed by atoms with Gasteiger partial charge in [-0.1, -0.05) is 12.1 Å². The van der Waals surface area contributed by atoms with Crippen LogP contribution in [0.2, 0.25) is 0 Å². The maximum atomic E-state index is 6.12. The number of fused-ring (bicyclic) bond motifs is 2. The second-order valence-corrected chi connectivity index (χ2v) is 6.82. The first-order valence-electron chi connectivity index (χ1n) is 8.75. The number of pyridine rings is 1. The predicted octanol–water partition coefficient (Wildman–Crippen LogP) is 3.52. The molecule has 2 aromatic rings. The van der Waals surface area contributed by atoms with Gasteiger partial charge in [0.2, 0.25) is 0 Å². The van der Waals surface area contributed by atoms with Gasteiger partial charge in [-0.25, -0.2) is 0 Å². The quantitative estimate of drug-likeness (QED) is 0.814. The monoisotopic (exact) mass is 324 g/mol. The van der Waals surface area contributed by atoms with Crippen LogP contribution >= 0.6 is 0 Å². The normalized spacial score (nSPS) is 25.8. The highest BCUT2D eigenvalue weighted by molar-refractivity contribution is 5.32. The first-order valence-corrected chi connectivity index (χ1v) is 8.75. The molecule has 2 aliphatic rings. The summed E-state index contributed by atoms with van der Waals surface area (Å²) in [6, 6.07) is 13.3. The molecular weight excluding hydrogens is 300 g/mol. The van der Waals surface area contributed by atoms with Gasteiger partial charge >= 0.3 is 0 Å². The smallest absolute Gasteiger partial charge is 0.123 e. The van der Waals surface area contributed by atoms with Gasteiger partial charge in [0.1, 0.15) is 18.1 Å². The molecule has 1 aliphatic heterocycles. The SMILES string of the molecule is COc1cccc(OC[C@@H]2[C@H]3CC[C@@H](C3)N2Cc2cccnc2)c1. The number of ether oxygens (including phenoxy) is 2. The number of nitrogens with zero attached hydrogens (tertiary/aromatic N) is 2. The summed E-state index contributed by atoms with van der Waals surface area (Å²) < 4.78 is 11.4. The molecular formula is C20H24N2O2. The second kappa shape index (κ2) is 6.81. The van der Waals surface area contributed by atoms with E-state index in [-0.39, 0.29) is 0 Å². The Labute approximate surface area is 143 Å². The van der Waals surface area contributed by atoms with Crippen molar-refractivity contribution < 1.29 is 9.47 Å². The number of aromatic nitrogens is 1. The molecule has 0 amide bonds. The number of hydrogen-bond donors (Lipinski definition) is 0. The van der Waals surface area contributed by atoms with Crippen LogP contribution < -0.4 is 9.47 Å². The Morgan fingerprint density at radius 3 is 2.92 bits per heavy atom. The van der Waals surface area contributed by atoms with Crippen molar-refractivity contribution in [2.75, 3.05) is 13.7 Å². The lowest BCUT2D eigenvalue weighted by molar-refractivity contribution is 0.0866. The Morgan fingerprint density at radius 2 is 2.08 bits per heavy atom. The van der Waals surface area contributed by atoms with Crippen molar-refractivity contribution in [3.05, 3.63) is 54.4 Å². The van der Waals surface area contributed by atoms with Crippen LogP contribution in [0.4, 0.5) is 0 Å². The molecule has 1 aromatic carbocycles. The van der Waals surface area contributed by atoms with Crippen LogP contribution in [-0.4, -0.2) is 35.7 Å². The number of rotatable bonds is 6.